The molecule has 2 N–H and O–H groups in total. The lowest BCUT2D eigenvalue weighted by atomic mass is 10.0. The lowest BCUT2D eigenvalue weighted by Gasteiger charge is -2.38. The van der Waals surface area contributed by atoms with Crippen LogP contribution in [0.2, 0.25) is 0 Å². The molecule has 4 rings (SSSR count). The Kier molecular flexibility index (Phi) is 5.29. The van der Waals surface area contributed by atoms with Gasteiger partial charge in [-0.2, -0.15) is 0 Å². The number of rotatable bonds is 5. The van der Waals surface area contributed by atoms with E-state index in [4.69, 9.17) is 4.74 Å². The first-order valence-corrected chi connectivity index (χ1v) is 9.80. The minimum Gasteiger partial charge on any atom is -0.493 e. The normalized spacial score (nSPS) is 19.7. The van der Waals surface area contributed by atoms with Gasteiger partial charge >= 0.3 is 0 Å². The third-order valence-electron chi connectivity index (χ3n) is 5.80. The van der Waals surface area contributed by atoms with Gasteiger partial charge in [0, 0.05) is 37.3 Å². The number of benzene rings is 2. The molecule has 1 saturated carbocycles. The van der Waals surface area contributed by atoms with E-state index in [0.717, 1.165) is 5.56 Å². The van der Waals surface area contributed by atoms with Crippen LogP contribution in [-0.2, 0) is 0 Å². The van der Waals surface area contributed by atoms with Crippen molar-refractivity contribution in [1.82, 2.24) is 9.80 Å². The summed E-state index contributed by atoms with van der Waals surface area (Å²) in [5.74, 6) is -0.332. The van der Waals surface area contributed by atoms with E-state index >= 15 is 0 Å². The van der Waals surface area contributed by atoms with E-state index in [1.54, 1.807) is 41.3 Å². The summed E-state index contributed by atoms with van der Waals surface area (Å²) < 4.78 is 19.1. The van der Waals surface area contributed by atoms with Crippen molar-refractivity contribution in [3.05, 3.63) is 53.8 Å². The van der Waals surface area contributed by atoms with Gasteiger partial charge in [0.2, 0.25) is 0 Å². The molecular weight excluding hydrogens is 375 g/mol. The number of carbonyl (C=O) groups excluding carboxylic acids is 1. The van der Waals surface area contributed by atoms with Crippen LogP contribution in [0.25, 0.3) is 11.1 Å². The number of amides is 1. The zero-order valence-corrected chi connectivity index (χ0v) is 16.3. The molecule has 0 radical (unpaired) electrons. The van der Waals surface area contributed by atoms with Crippen LogP contribution in [0, 0.1) is 5.82 Å². The van der Waals surface area contributed by atoms with Gasteiger partial charge in [-0.1, -0.05) is 24.3 Å². The first-order valence-electron chi connectivity index (χ1n) is 9.80. The molecule has 0 bridgehead atoms. The van der Waals surface area contributed by atoms with Crippen molar-refractivity contribution in [1.29, 1.82) is 0 Å². The van der Waals surface area contributed by atoms with E-state index in [9.17, 15) is 19.4 Å². The highest BCUT2D eigenvalue weighted by Gasteiger charge is 2.50. The topological polar surface area (TPSA) is 73.2 Å². The second-order valence-electron chi connectivity index (χ2n) is 7.70. The summed E-state index contributed by atoms with van der Waals surface area (Å²) in [6.45, 7) is 2.03. The number of hydrogen-bond acceptors (Lipinski definition) is 5. The minimum absolute atomic E-state index is 0.0815. The van der Waals surface area contributed by atoms with Crippen molar-refractivity contribution < 1.29 is 24.1 Å². The molecule has 0 aromatic heterocycles. The van der Waals surface area contributed by atoms with Crippen LogP contribution >= 0.6 is 0 Å². The molecule has 2 fully saturated rings. The number of hydrogen-bond donors (Lipinski definition) is 2. The highest BCUT2D eigenvalue weighted by molar-refractivity contribution is 5.95. The van der Waals surface area contributed by atoms with E-state index in [2.05, 4.69) is 0 Å². The van der Waals surface area contributed by atoms with Crippen LogP contribution in [0.5, 0.6) is 5.75 Å². The van der Waals surface area contributed by atoms with Gasteiger partial charge in [0.15, 0.2) is 11.6 Å². The zero-order chi connectivity index (χ0) is 20.6. The Morgan fingerprint density at radius 1 is 1.10 bits per heavy atom. The molecule has 1 atom stereocenters. The highest BCUT2D eigenvalue weighted by atomic mass is 19.1. The summed E-state index contributed by atoms with van der Waals surface area (Å²) in [4.78, 5) is 16.4. The smallest absolute Gasteiger partial charge is 0.253 e. The number of aliphatic hydroxyl groups is 2. The average Bonchev–Trinajstić information content (AvgIpc) is 3.51. The molecule has 1 saturated heterocycles. The second kappa shape index (κ2) is 7.74. The van der Waals surface area contributed by atoms with E-state index < -0.39 is 17.6 Å². The number of para-hydroxylation sites is 1. The minimum atomic E-state index is -0.972. The molecule has 7 heteroatoms. The number of carbonyl (C=O) groups is 1. The number of ether oxygens (including phenoxy) is 1. The van der Waals surface area contributed by atoms with Crippen LogP contribution in [0.15, 0.2) is 42.5 Å². The van der Waals surface area contributed by atoms with Crippen molar-refractivity contribution in [3.63, 3.8) is 0 Å². The Hall–Kier alpha value is -2.48. The van der Waals surface area contributed by atoms with Gasteiger partial charge in [0.25, 0.3) is 5.91 Å². The lowest BCUT2D eigenvalue weighted by molar-refractivity contribution is -0.108. The first-order chi connectivity index (χ1) is 13.9. The zero-order valence-electron chi connectivity index (χ0n) is 16.3. The summed E-state index contributed by atoms with van der Waals surface area (Å²) in [6.07, 6.45) is 0.381. The molecule has 1 aliphatic heterocycles. The van der Waals surface area contributed by atoms with E-state index in [1.165, 1.54) is 13.2 Å². The summed E-state index contributed by atoms with van der Waals surface area (Å²) in [6, 6.07) is 11.8. The van der Waals surface area contributed by atoms with Crippen molar-refractivity contribution in [2.75, 3.05) is 33.3 Å². The number of piperazine rings is 1. The molecular formula is C22H25FN2O4. The van der Waals surface area contributed by atoms with Gasteiger partial charge in [-0.3, -0.25) is 9.69 Å². The maximum atomic E-state index is 13.9. The summed E-state index contributed by atoms with van der Waals surface area (Å²) in [7, 11) is 1.43. The first kappa shape index (κ1) is 19.8. The molecule has 154 valence electrons. The third kappa shape index (κ3) is 3.85. The highest BCUT2D eigenvalue weighted by Crippen LogP contribution is 2.40. The summed E-state index contributed by atoms with van der Waals surface area (Å²) in [5, 5.41) is 20.3. The van der Waals surface area contributed by atoms with Crippen molar-refractivity contribution >= 4 is 5.91 Å². The Morgan fingerprint density at radius 3 is 2.34 bits per heavy atom. The summed E-state index contributed by atoms with van der Waals surface area (Å²) in [5.41, 5.74) is 0.981. The number of methoxy groups -OCH3 is 1. The standard InChI is InChI=1S/C22H25FN2O4/c1-29-19-17(3-2-4-18(19)23)15-5-7-16(8-6-15)20(26)24-11-13-25(14-12-24)21(27)22(28)9-10-22/h2-8,21,27-28H,9-14H2,1H3. The average molecular weight is 400 g/mol. The predicted octanol–water partition coefficient (Wildman–Crippen LogP) is 2.10. The summed E-state index contributed by atoms with van der Waals surface area (Å²) >= 11 is 0. The fraction of sp³-hybridized carbons (Fsp3) is 0.409. The molecule has 1 aliphatic carbocycles. The molecule has 2 aliphatic rings. The Bertz CT molecular complexity index is 890. The van der Waals surface area contributed by atoms with Gasteiger partial charge in [0.1, 0.15) is 11.8 Å². The monoisotopic (exact) mass is 400 g/mol. The second-order valence-corrected chi connectivity index (χ2v) is 7.70. The number of nitrogens with zero attached hydrogens (tertiary/aromatic N) is 2. The Labute approximate surface area is 169 Å². The van der Waals surface area contributed by atoms with Crippen LogP contribution < -0.4 is 4.74 Å². The molecule has 29 heavy (non-hydrogen) atoms. The van der Waals surface area contributed by atoms with Gasteiger partial charge in [-0.25, -0.2) is 4.39 Å². The predicted molar refractivity (Wildman–Crippen MR) is 106 cm³/mol. The third-order valence-corrected chi connectivity index (χ3v) is 5.80. The van der Waals surface area contributed by atoms with Crippen molar-refractivity contribution in [2.24, 2.45) is 0 Å². The van der Waals surface area contributed by atoms with Gasteiger partial charge in [-0.15, -0.1) is 0 Å². The van der Waals surface area contributed by atoms with Gasteiger partial charge in [-0.05, 0) is 36.6 Å². The quantitative estimate of drug-likeness (QED) is 0.804. The maximum absolute atomic E-state index is 13.9. The molecule has 2 aromatic rings. The number of halogens is 1. The Morgan fingerprint density at radius 2 is 1.76 bits per heavy atom. The van der Waals surface area contributed by atoms with Gasteiger partial charge in [0.05, 0.1) is 7.11 Å². The fourth-order valence-corrected chi connectivity index (χ4v) is 3.81. The van der Waals surface area contributed by atoms with E-state index in [1.807, 2.05) is 4.90 Å². The van der Waals surface area contributed by atoms with E-state index in [-0.39, 0.29) is 11.7 Å². The lowest BCUT2D eigenvalue weighted by Crippen LogP contribution is -2.55. The van der Waals surface area contributed by atoms with Crippen LogP contribution in [-0.4, -0.2) is 71.0 Å². The molecule has 6 nitrogen and oxygen atoms in total. The Balaban J connectivity index is 1.42. The number of aliphatic hydroxyl groups excluding tert-OH is 1. The van der Waals surface area contributed by atoms with Crippen LogP contribution in [0.1, 0.15) is 23.2 Å². The van der Waals surface area contributed by atoms with Crippen molar-refractivity contribution in [3.8, 4) is 16.9 Å². The van der Waals surface area contributed by atoms with Crippen LogP contribution in [0.4, 0.5) is 4.39 Å². The molecule has 1 amide bonds. The molecule has 1 unspecified atom stereocenters. The van der Waals surface area contributed by atoms with Gasteiger partial charge < -0.3 is 19.8 Å². The molecule has 2 aromatic carbocycles. The molecule has 0 spiro atoms. The molecule has 1 heterocycles. The van der Waals surface area contributed by atoms with Crippen molar-refractivity contribution in [2.45, 2.75) is 24.7 Å². The van der Waals surface area contributed by atoms with E-state index in [0.29, 0.717) is 50.1 Å². The van der Waals surface area contributed by atoms with Crippen LogP contribution in [0.3, 0.4) is 0 Å². The largest absolute Gasteiger partial charge is 0.493 e. The maximum Gasteiger partial charge on any atom is 0.253 e. The fourth-order valence-electron chi connectivity index (χ4n) is 3.81. The SMILES string of the molecule is COc1c(F)cccc1-c1ccc(C(=O)N2CCN(C(O)C3(O)CC3)CC2)cc1.